The van der Waals surface area contributed by atoms with Crippen molar-refractivity contribution in [1.29, 1.82) is 0 Å². The Morgan fingerprint density at radius 3 is 2.25 bits per heavy atom. The molecular formula is C18H21F3O3. The van der Waals surface area contributed by atoms with Gasteiger partial charge in [-0.25, -0.2) is 0 Å². The van der Waals surface area contributed by atoms with E-state index in [0.29, 0.717) is 23.1 Å². The van der Waals surface area contributed by atoms with E-state index in [4.69, 9.17) is 4.74 Å². The number of Topliss-reactive ketones (excluding diaryl/α,β-unsaturated/α-hetero) is 2. The topological polar surface area (TPSA) is 43.4 Å². The van der Waals surface area contributed by atoms with Gasteiger partial charge in [-0.3, -0.25) is 9.59 Å². The van der Waals surface area contributed by atoms with Crippen LogP contribution in [0.25, 0.3) is 0 Å². The molecule has 0 aromatic heterocycles. The van der Waals surface area contributed by atoms with Crippen molar-refractivity contribution in [3.8, 4) is 5.75 Å². The second kappa shape index (κ2) is 6.95. The van der Waals surface area contributed by atoms with Crippen molar-refractivity contribution in [3.63, 3.8) is 0 Å². The zero-order chi connectivity index (χ0) is 18.1. The molecule has 0 amide bonds. The van der Waals surface area contributed by atoms with Gasteiger partial charge in [0.2, 0.25) is 0 Å². The molecule has 1 aliphatic rings. The third kappa shape index (κ3) is 3.97. The van der Waals surface area contributed by atoms with Gasteiger partial charge in [0.1, 0.15) is 17.5 Å². The molecule has 0 aliphatic heterocycles. The molecule has 1 saturated carbocycles. The summed E-state index contributed by atoms with van der Waals surface area (Å²) >= 11 is 0. The van der Waals surface area contributed by atoms with E-state index in [0.717, 1.165) is 6.42 Å². The van der Waals surface area contributed by atoms with Gasteiger partial charge in [-0.1, -0.05) is 13.3 Å². The number of carbonyl (C=O) groups is 2. The molecule has 0 N–H and O–H groups in total. The zero-order valence-corrected chi connectivity index (χ0v) is 14.0. The molecule has 1 aromatic carbocycles. The van der Waals surface area contributed by atoms with Crippen molar-refractivity contribution in [2.75, 3.05) is 6.61 Å². The van der Waals surface area contributed by atoms with E-state index in [9.17, 15) is 22.8 Å². The highest BCUT2D eigenvalue weighted by atomic mass is 19.4. The van der Waals surface area contributed by atoms with E-state index >= 15 is 0 Å². The maximum absolute atomic E-state index is 12.6. The minimum Gasteiger partial charge on any atom is -0.484 e. The molecule has 0 saturated heterocycles. The van der Waals surface area contributed by atoms with E-state index in [1.54, 1.807) is 13.8 Å². The Bertz CT molecular complexity index is 626. The van der Waals surface area contributed by atoms with Crippen molar-refractivity contribution in [3.05, 3.63) is 28.8 Å². The molecule has 2 rings (SSSR count). The number of alkyl halides is 3. The Hall–Kier alpha value is -1.85. The van der Waals surface area contributed by atoms with Gasteiger partial charge in [0.05, 0.1) is 0 Å². The Labute approximate surface area is 139 Å². The normalized spacial score (nSPS) is 21.4. The first-order valence-corrected chi connectivity index (χ1v) is 8.01. The lowest BCUT2D eigenvalue weighted by molar-refractivity contribution is -0.153. The minimum atomic E-state index is -4.41. The second-order valence-electron chi connectivity index (χ2n) is 6.37. The molecule has 2 unspecified atom stereocenters. The van der Waals surface area contributed by atoms with Crippen LogP contribution in [0.3, 0.4) is 0 Å². The zero-order valence-electron chi connectivity index (χ0n) is 14.0. The summed E-state index contributed by atoms with van der Waals surface area (Å²) in [6.07, 6.45) is -2.64. The molecular weight excluding hydrogens is 321 g/mol. The van der Waals surface area contributed by atoms with Crippen LogP contribution in [0.15, 0.2) is 12.1 Å². The lowest BCUT2D eigenvalue weighted by atomic mass is 9.87. The molecule has 0 heterocycles. The largest absolute Gasteiger partial charge is 0.484 e. The number of hydrogen-bond acceptors (Lipinski definition) is 3. The molecule has 6 heteroatoms. The minimum absolute atomic E-state index is 0.0722. The number of ether oxygens (including phenoxy) is 1. The Morgan fingerprint density at radius 2 is 1.75 bits per heavy atom. The summed E-state index contributed by atoms with van der Waals surface area (Å²) in [5, 5.41) is 0. The molecule has 0 bridgehead atoms. The fourth-order valence-corrected chi connectivity index (χ4v) is 3.39. The average Bonchev–Trinajstić information content (AvgIpc) is 2.72. The molecule has 1 fully saturated rings. The standard InChI is InChI=1S/C18H21F3O3/c1-4-5-12-8-14(22)16(17(12)23)15-10(2)6-13(7-11(15)3)24-9-18(19,20)21/h6-7,12,16H,4-5,8-9H2,1-3H3. The highest BCUT2D eigenvalue weighted by molar-refractivity contribution is 6.14. The van der Waals surface area contributed by atoms with Crippen LogP contribution in [0.2, 0.25) is 0 Å². The number of aryl methyl sites for hydroxylation is 2. The first kappa shape index (κ1) is 18.5. The lowest BCUT2D eigenvalue weighted by Crippen LogP contribution is -2.20. The maximum atomic E-state index is 12.6. The Kier molecular flexibility index (Phi) is 5.35. The van der Waals surface area contributed by atoms with E-state index in [-0.39, 0.29) is 29.7 Å². The molecule has 1 aliphatic carbocycles. The summed E-state index contributed by atoms with van der Waals surface area (Å²) in [5.41, 5.74) is 1.83. The van der Waals surface area contributed by atoms with Gasteiger partial charge in [-0.15, -0.1) is 0 Å². The molecule has 0 radical (unpaired) electrons. The van der Waals surface area contributed by atoms with Crippen LogP contribution in [0.5, 0.6) is 5.75 Å². The summed E-state index contributed by atoms with van der Waals surface area (Å²) in [6, 6.07) is 2.92. The van der Waals surface area contributed by atoms with Crippen molar-refractivity contribution >= 4 is 11.6 Å². The van der Waals surface area contributed by atoms with Crippen LogP contribution in [0, 0.1) is 19.8 Å². The SMILES string of the molecule is CCCC1CC(=O)C(c2c(C)cc(OCC(F)(F)F)cc2C)C1=O. The fraction of sp³-hybridized carbons (Fsp3) is 0.556. The highest BCUT2D eigenvalue weighted by Crippen LogP contribution is 2.38. The monoisotopic (exact) mass is 342 g/mol. The van der Waals surface area contributed by atoms with Gasteiger partial charge >= 0.3 is 6.18 Å². The average molecular weight is 342 g/mol. The Balaban J connectivity index is 2.28. The summed E-state index contributed by atoms with van der Waals surface area (Å²) < 4.78 is 41.6. The van der Waals surface area contributed by atoms with E-state index in [2.05, 4.69) is 0 Å². The van der Waals surface area contributed by atoms with Gasteiger partial charge in [0, 0.05) is 12.3 Å². The second-order valence-corrected chi connectivity index (χ2v) is 6.37. The van der Waals surface area contributed by atoms with Crippen LogP contribution in [-0.4, -0.2) is 24.3 Å². The van der Waals surface area contributed by atoms with Gasteiger partial charge < -0.3 is 4.74 Å². The van der Waals surface area contributed by atoms with Gasteiger partial charge in [-0.2, -0.15) is 13.2 Å². The molecule has 132 valence electrons. The number of carbonyl (C=O) groups excluding carboxylic acids is 2. The number of ketones is 2. The van der Waals surface area contributed by atoms with Gasteiger partial charge in [0.15, 0.2) is 12.4 Å². The summed E-state index contributed by atoms with van der Waals surface area (Å²) in [5.74, 6) is -1.12. The van der Waals surface area contributed by atoms with Crippen molar-refractivity contribution in [2.45, 2.75) is 52.1 Å². The number of halogens is 3. The Morgan fingerprint density at radius 1 is 1.17 bits per heavy atom. The highest BCUT2D eigenvalue weighted by Gasteiger charge is 2.42. The molecule has 0 spiro atoms. The van der Waals surface area contributed by atoms with Crippen molar-refractivity contribution < 1.29 is 27.5 Å². The van der Waals surface area contributed by atoms with Gasteiger partial charge in [0.25, 0.3) is 0 Å². The van der Waals surface area contributed by atoms with Crippen LogP contribution in [0.1, 0.15) is 48.8 Å². The van der Waals surface area contributed by atoms with Gasteiger partial charge in [-0.05, 0) is 49.1 Å². The summed E-state index contributed by atoms with van der Waals surface area (Å²) in [4.78, 5) is 24.9. The maximum Gasteiger partial charge on any atom is 0.422 e. The van der Waals surface area contributed by atoms with Crippen LogP contribution in [0.4, 0.5) is 13.2 Å². The summed E-state index contributed by atoms with van der Waals surface area (Å²) in [6.45, 7) is 3.98. The van der Waals surface area contributed by atoms with E-state index in [1.807, 2.05) is 6.92 Å². The number of rotatable bonds is 5. The lowest BCUT2D eigenvalue weighted by Gasteiger charge is -2.18. The van der Waals surface area contributed by atoms with Crippen LogP contribution < -0.4 is 4.74 Å². The fourth-order valence-electron chi connectivity index (χ4n) is 3.39. The predicted octanol–water partition coefficient (Wildman–Crippen LogP) is 4.29. The van der Waals surface area contributed by atoms with Crippen LogP contribution >= 0.6 is 0 Å². The summed E-state index contributed by atoms with van der Waals surface area (Å²) in [7, 11) is 0. The smallest absolute Gasteiger partial charge is 0.422 e. The van der Waals surface area contributed by atoms with Crippen molar-refractivity contribution in [1.82, 2.24) is 0 Å². The third-order valence-corrected chi connectivity index (χ3v) is 4.35. The number of benzene rings is 1. The first-order chi connectivity index (χ1) is 11.1. The van der Waals surface area contributed by atoms with E-state index < -0.39 is 18.7 Å². The third-order valence-electron chi connectivity index (χ3n) is 4.35. The quantitative estimate of drug-likeness (QED) is 0.750. The molecule has 2 atom stereocenters. The predicted molar refractivity (Wildman–Crippen MR) is 83.2 cm³/mol. The first-order valence-electron chi connectivity index (χ1n) is 8.01. The van der Waals surface area contributed by atoms with Crippen molar-refractivity contribution in [2.24, 2.45) is 5.92 Å². The molecule has 3 nitrogen and oxygen atoms in total. The van der Waals surface area contributed by atoms with E-state index in [1.165, 1.54) is 12.1 Å². The molecule has 24 heavy (non-hydrogen) atoms. The molecule has 1 aromatic rings. The number of hydrogen-bond donors (Lipinski definition) is 0. The van der Waals surface area contributed by atoms with Crippen LogP contribution in [-0.2, 0) is 9.59 Å².